The molecule has 13 N–H and O–H groups in total. The summed E-state index contributed by atoms with van der Waals surface area (Å²) in [4.78, 5) is 0. The molecule has 0 bridgehead atoms. The van der Waals surface area contributed by atoms with Crippen molar-refractivity contribution in [2.24, 2.45) is 0 Å². The number of hydrogen-bond acceptors (Lipinski definition) is 19. The molecule has 0 aromatic heterocycles. The van der Waals surface area contributed by atoms with Crippen molar-refractivity contribution in [2.75, 3.05) is 19.8 Å². The summed E-state index contributed by atoms with van der Waals surface area (Å²) in [6.07, 6.45) is -24.3. The van der Waals surface area contributed by atoms with Crippen molar-refractivity contribution in [3.05, 3.63) is 35.4 Å². The highest BCUT2D eigenvalue weighted by Crippen LogP contribution is 2.44. The molecule has 286 valence electrons. The largest absolute Gasteiger partial charge is 0.507 e. The van der Waals surface area contributed by atoms with Crippen molar-refractivity contribution in [2.45, 2.75) is 106 Å². The van der Waals surface area contributed by atoms with Gasteiger partial charge in [0.15, 0.2) is 6.29 Å². The van der Waals surface area contributed by atoms with E-state index in [2.05, 4.69) is 0 Å². The van der Waals surface area contributed by atoms with Crippen LogP contribution < -0.4 is 9.47 Å². The molecule has 3 fully saturated rings. The fourth-order valence-corrected chi connectivity index (χ4v) is 6.02. The molecule has 2 aromatic carbocycles. The van der Waals surface area contributed by atoms with E-state index in [1.807, 2.05) is 0 Å². The van der Waals surface area contributed by atoms with E-state index in [0.717, 1.165) is 0 Å². The first kappa shape index (κ1) is 39.3. The van der Waals surface area contributed by atoms with E-state index in [4.69, 9.17) is 28.4 Å². The van der Waals surface area contributed by atoms with Gasteiger partial charge >= 0.3 is 0 Å². The van der Waals surface area contributed by atoms with E-state index >= 15 is 0 Å². The van der Waals surface area contributed by atoms with Gasteiger partial charge in [0.2, 0.25) is 12.6 Å². The second-order valence-electron chi connectivity index (χ2n) is 12.8. The lowest BCUT2D eigenvalue weighted by molar-refractivity contribution is -0.323. The van der Waals surface area contributed by atoms with Gasteiger partial charge in [-0.05, 0) is 49.2 Å². The zero-order valence-electron chi connectivity index (χ0n) is 27.4. The van der Waals surface area contributed by atoms with Crippen LogP contribution in [0, 0.1) is 13.8 Å². The highest BCUT2D eigenvalue weighted by atomic mass is 16.7. The zero-order chi connectivity index (χ0) is 37.5. The van der Waals surface area contributed by atoms with Gasteiger partial charge in [0, 0.05) is 11.1 Å². The van der Waals surface area contributed by atoms with Crippen LogP contribution in [0.1, 0.15) is 11.1 Å². The molecule has 0 unspecified atom stereocenters. The molecule has 51 heavy (non-hydrogen) atoms. The Balaban J connectivity index is 1.36. The summed E-state index contributed by atoms with van der Waals surface area (Å²) in [5, 5.41) is 134. The predicted molar refractivity (Wildman–Crippen MR) is 166 cm³/mol. The molecule has 19 nitrogen and oxygen atoms in total. The number of ether oxygens (including phenoxy) is 6. The first-order valence-electron chi connectivity index (χ1n) is 16.0. The minimum Gasteiger partial charge on any atom is -0.507 e. The molecule has 0 aliphatic carbocycles. The van der Waals surface area contributed by atoms with Gasteiger partial charge in [-0.2, -0.15) is 0 Å². The van der Waals surface area contributed by atoms with Gasteiger partial charge in [0.25, 0.3) is 0 Å². The first-order chi connectivity index (χ1) is 24.1. The fourth-order valence-electron chi connectivity index (χ4n) is 6.02. The number of phenolic OH excluding ortho intramolecular Hbond substituents is 2. The summed E-state index contributed by atoms with van der Waals surface area (Å²) < 4.78 is 33.4. The Morgan fingerprint density at radius 3 is 1.25 bits per heavy atom. The number of aliphatic hydroxyl groups is 11. The average molecular weight is 733 g/mol. The van der Waals surface area contributed by atoms with Crippen LogP contribution in [-0.2, 0) is 18.9 Å². The maximum absolute atomic E-state index is 11.0. The molecule has 3 aliphatic heterocycles. The van der Waals surface area contributed by atoms with Crippen molar-refractivity contribution >= 4 is 0 Å². The maximum atomic E-state index is 11.0. The van der Waals surface area contributed by atoms with E-state index in [-0.39, 0.29) is 45.3 Å². The molecule has 0 saturated carbocycles. The van der Waals surface area contributed by atoms with Crippen molar-refractivity contribution in [3.8, 4) is 34.1 Å². The molecule has 19 heteroatoms. The van der Waals surface area contributed by atoms with Crippen LogP contribution in [0.4, 0.5) is 0 Å². The molecule has 0 amide bonds. The molecule has 2 aromatic rings. The Bertz CT molecular complexity index is 1490. The van der Waals surface area contributed by atoms with Gasteiger partial charge in [-0.3, -0.25) is 0 Å². The minimum absolute atomic E-state index is 0.00739. The summed E-state index contributed by atoms with van der Waals surface area (Å²) in [6.45, 7) is 1.01. The van der Waals surface area contributed by atoms with Crippen LogP contribution in [0.3, 0.4) is 0 Å². The van der Waals surface area contributed by atoms with Gasteiger partial charge in [0.1, 0.15) is 96.2 Å². The third-order valence-corrected chi connectivity index (χ3v) is 9.13. The van der Waals surface area contributed by atoms with Crippen LogP contribution >= 0.6 is 0 Å². The Morgan fingerprint density at radius 1 is 0.490 bits per heavy atom. The highest BCUT2D eigenvalue weighted by molar-refractivity contribution is 5.80. The third kappa shape index (κ3) is 7.88. The number of aliphatic hydroxyl groups excluding tert-OH is 11. The van der Waals surface area contributed by atoms with Gasteiger partial charge < -0.3 is 94.8 Å². The summed E-state index contributed by atoms with van der Waals surface area (Å²) in [5.74, 6) is -0.688. The number of phenols is 2. The lowest BCUT2D eigenvalue weighted by Gasteiger charge is -2.42. The molecule has 0 radical (unpaired) electrons. The van der Waals surface area contributed by atoms with Crippen LogP contribution in [0.15, 0.2) is 24.3 Å². The van der Waals surface area contributed by atoms with E-state index in [1.165, 1.54) is 38.1 Å². The Hall–Kier alpha value is -2.96. The van der Waals surface area contributed by atoms with Crippen molar-refractivity contribution < 1.29 is 94.8 Å². The summed E-state index contributed by atoms with van der Waals surface area (Å²) in [6, 6.07) is 5.27. The van der Waals surface area contributed by atoms with E-state index in [9.17, 15) is 66.4 Å². The Kier molecular flexibility index (Phi) is 12.3. The number of aryl methyl sites for hydroxylation is 2. The summed E-state index contributed by atoms with van der Waals surface area (Å²) in [5.41, 5.74) is 0.430. The number of benzene rings is 2. The molecular weight excluding hydrogens is 688 g/mol. The van der Waals surface area contributed by atoms with Crippen LogP contribution in [0.2, 0.25) is 0 Å². The van der Waals surface area contributed by atoms with E-state index in [0.29, 0.717) is 0 Å². The van der Waals surface area contributed by atoms with Gasteiger partial charge in [0.05, 0.1) is 19.8 Å². The predicted octanol–water partition coefficient (Wildman–Crippen LogP) is -4.44. The summed E-state index contributed by atoms with van der Waals surface area (Å²) in [7, 11) is 0. The number of hydrogen-bond donors (Lipinski definition) is 13. The van der Waals surface area contributed by atoms with Crippen LogP contribution in [0.25, 0.3) is 11.1 Å². The molecule has 3 aliphatic rings. The zero-order valence-corrected chi connectivity index (χ0v) is 27.4. The average Bonchev–Trinajstić information content (AvgIpc) is 3.10. The quantitative estimate of drug-likeness (QED) is 0.110. The molecule has 15 atom stereocenters. The summed E-state index contributed by atoms with van der Waals surface area (Å²) >= 11 is 0. The second-order valence-corrected chi connectivity index (χ2v) is 12.8. The molecule has 0 spiro atoms. The number of rotatable bonds is 10. The third-order valence-electron chi connectivity index (χ3n) is 9.13. The fraction of sp³-hybridized carbons (Fsp3) is 0.625. The topological polar surface area (TPSA) is 318 Å². The smallest absolute Gasteiger partial charge is 0.229 e. The van der Waals surface area contributed by atoms with Crippen LogP contribution in [-0.4, -0.2) is 178 Å². The lowest BCUT2D eigenvalue weighted by Crippen LogP contribution is -2.62. The highest BCUT2D eigenvalue weighted by Gasteiger charge is 2.48. The Morgan fingerprint density at radius 2 is 0.843 bits per heavy atom. The van der Waals surface area contributed by atoms with Crippen molar-refractivity contribution in [1.29, 1.82) is 0 Å². The van der Waals surface area contributed by atoms with Crippen molar-refractivity contribution in [1.82, 2.24) is 0 Å². The maximum Gasteiger partial charge on any atom is 0.229 e. The first-order valence-corrected chi connectivity index (χ1v) is 16.0. The monoisotopic (exact) mass is 732 g/mol. The van der Waals surface area contributed by atoms with Gasteiger partial charge in [-0.15, -0.1) is 0 Å². The standard InChI is InChI=1S/C32H44O19/c1-10-3-12(47-31-28(44)25(41)22(38)17(8-34)50-31)5-14(19(10)35)15-6-13(4-11(2)20(15)36)48-32-29(45)26(42)23(39)18(51-32)9-46-30-27(43)24(40)21(37)16(7-33)49-30/h3-6,16-18,21-45H,7-9H2,1-2H3/t16-,17-,18-,21-,22-,23-,24+,25+,26+,27-,28-,29-,30-,31-,32-/m1/s1. The Labute approximate surface area is 290 Å². The van der Waals surface area contributed by atoms with Gasteiger partial charge in [-0.1, -0.05) is 0 Å². The van der Waals surface area contributed by atoms with Crippen molar-refractivity contribution in [3.63, 3.8) is 0 Å². The minimum atomic E-state index is -1.84. The molecule has 3 heterocycles. The van der Waals surface area contributed by atoms with Gasteiger partial charge in [-0.25, -0.2) is 0 Å². The second kappa shape index (κ2) is 16.0. The number of aromatic hydroxyl groups is 2. The van der Waals surface area contributed by atoms with E-state index < -0.39 is 112 Å². The normalized spacial score (nSPS) is 38.7. The van der Waals surface area contributed by atoms with Crippen LogP contribution in [0.5, 0.6) is 23.0 Å². The molecular formula is C32H44O19. The molecule has 5 rings (SSSR count). The SMILES string of the molecule is Cc1cc(O[C@@H]2O[C@H](CO)[C@@H](O)[C@H](O)[C@H]2O)cc(-c2cc(O[C@@H]3O[C@H](CO[C@@H]4O[C@H](CO)[C@@H](O)[C@H](O)[C@H]4O)[C@@H](O)[C@H](O)[C@H]3O)cc(C)c2O)c1O. The van der Waals surface area contributed by atoms with E-state index in [1.54, 1.807) is 0 Å². The lowest BCUT2D eigenvalue weighted by atomic mass is 9.97. The molecule has 3 saturated heterocycles.